The first-order valence-corrected chi connectivity index (χ1v) is 9.50. The van der Waals surface area contributed by atoms with E-state index in [9.17, 15) is 9.59 Å². The molecule has 1 atom stereocenters. The van der Waals surface area contributed by atoms with Gasteiger partial charge in [0.2, 0.25) is 5.91 Å². The maximum Gasteiger partial charge on any atom is 0.344 e. The van der Waals surface area contributed by atoms with Crippen LogP contribution in [-0.2, 0) is 16.1 Å². The van der Waals surface area contributed by atoms with Crippen LogP contribution in [0.3, 0.4) is 0 Å². The van der Waals surface area contributed by atoms with E-state index in [1.807, 2.05) is 0 Å². The fourth-order valence-electron chi connectivity index (χ4n) is 2.78. The van der Waals surface area contributed by atoms with Crippen molar-refractivity contribution in [3.63, 3.8) is 0 Å². The lowest BCUT2D eigenvalue weighted by Crippen LogP contribution is -2.25. The summed E-state index contributed by atoms with van der Waals surface area (Å²) in [5.74, 6) is 1.00. The van der Waals surface area contributed by atoms with Crippen molar-refractivity contribution in [3.8, 4) is 11.5 Å². The van der Waals surface area contributed by atoms with E-state index < -0.39 is 0 Å². The van der Waals surface area contributed by atoms with Crippen LogP contribution in [0, 0.1) is 0 Å². The standard InChI is InChI=1S/C17H22N4O5S/c1-24-11-5-6-13(14(8-11)25-2)18-15(22)10-27-17-20-19-16(23)21(17)9-12-4-3-7-26-12/h5-6,8,12H,3-4,7,9-10H2,1-2H3,(H,18,22)(H,19,23). The molecule has 1 aliphatic rings. The highest BCUT2D eigenvalue weighted by atomic mass is 32.2. The van der Waals surface area contributed by atoms with Crippen molar-refractivity contribution in [3.05, 3.63) is 28.7 Å². The molecule has 1 aliphatic heterocycles. The number of aromatic nitrogens is 3. The molecule has 1 fully saturated rings. The molecule has 3 rings (SSSR count). The zero-order valence-corrected chi connectivity index (χ0v) is 16.0. The summed E-state index contributed by atoms with van der Waals surface area (Å²) in [4.78, 5) is 24.3. The Hall–Kier alpha value is -2.46. The number of H-pyrrole nitrogens is 1. The number of amides is 1. The third kappa shape index (κ3) is 4.83. The predicted octanol–water partition coefficient (Wildman–Crippen LogP) is 1.50. The molecule has 2 aromatic rings. The molecule has 0 aliphatic carbocycles. The molecule has 1 aromatic carbocycles. The number of benzene rings is 1. The third-order valence-corrected chi connectivity index (χ3v) is 5.12. The van der Waals surface area contributed by atoms with E-state index in [2.05, 4.69) is 15.5 Å². The maximum atomic E-state index is 12.3. The number of methoxy groups -OCH3 is 2. The van der Waals surface area contributed by atoms with Gasteiger partial charge in [-0.2, -0.15) is 0 Å². The first-order chi connectivity index (χ1) is 13.1. The first kappa shape index (κ1) is 19.3. The lowest BCUT2D eigenvalue weighted by atomic mass is 10.2. The van der Waals surface area contributed by atoms with Gasteiger partial charge in [-0.1, -0.05) is 11.8 Å². The molecule has 0 spiro atoms. The molecule has 0 saturated carbocycles. The highest BCUT2D eigenvalue weighted by Gasteiger charge is 2.20. The van der Waals surface area contributed by atoms with E-state index >= 15 is 0 Å². The van der Waals surface area contributed by atoms with Gasteiger partial charge in [0, 0.05) is 12.7 Å². The number of carbonyl (C=O) groups excluding carboxylic acids is 1. The number of aromatic amines is 1. The van der Waals surface area contributed by atoms with Crippen LogP contribution in [0.1, 0.15) is 12.8 Å². The number of hydrogen-bond donors (Lipinski definition) is 2. The Labute approximate surface area is 160 Å². The number of hydrogen-bond acceptors (Lipinski definition) is 7. The summed E-state index contributed by atoms with van der Waals surface area (Å²) in [5, 5.41) is 9.69. The van der Waals surface area contributed by atoms with E-state index in [0.717, 1.165) is 12.8 Å². The van der Waals surface area contributed by atoms with Crippen molar-refractivity contribution >= 4 is 23.4 Å². The molecule has 1 unspecified atom stereocenters. The van der Waals surface area contributed by atoms with Crippen molar-refractivity contribution < 1.29 is 19.0 Å². The second-order valence-corrected chi connectivity index (χ2v) is 6.90. The van der Waals surface area contributed by atoms with Crippen molar-refractivity contribution in [1.29, 1.82) is 0 Å². The largest absolute Gasteiger partial charge is 0.497 e. The number of carbonyl (C=O) groups is 1. The minimum absolute atomic E-state index is 0.0111. The van der Waals surface area contributed by atoms with Crippen LogP contribution in [0.2, 0.25) is 0 Å². The van der Waals surface area contributed by atoms with Gasteiger partial charge in [-0.25, -0.2) is 9.89 Å². The van der Waals surface area contributed by atoms with Crippen LogP contribution in [0.15, 0.2) is 28.2 Å². The molecule has 1 amide bonds. The van der Waals surface area contributed by atoms with Gasteiger partial charge in [-0.15, -0.1) is 5.10 Å². The second-order valence-electron chi connectivity index (χ2n) is 5.96. The number of nitrogens with one attached hydrogen (secondary N) is 2. The van der Waals surface area contributed by atoms with Crippen molar-refractivity contribution in [2.24, 2.45) is 0 Å². The minimum Gasteiger partial charge on any atom is -0.497 e. The van der Waals surface area contributed by atoms with Gasteiger partial charge in [0.05, 0.1) is 38.3 Å². The predicted molar refractivity (Wildman–Crippen MR) is 101 cm³/mol. The third-order valence-electron chi connectivity index (χ3n) is 4.15. The Kier molecular flexibility index (Phi) is 6.40. The van der Waals surface area contributed by atoms with Crippen molar-refractivity contribution in [1.82, 2.24) is 14.8 Å². The smallest absolute Gasteiger partial charge is 0.344 e. The van der Waals surface area contributed by atoms with Crippen LogP contribution in [0.25, 0.3) is 0 Å². The molecule has 1 aromatic heterocycles. The Morgan fingerprint density at radius 1 is 1.44 bits per heavy atom. The van der Waals surface area contributed by atoms with Crippen LogP contribution in [0.4, 0.5) is 5.69 Å². The van der Waals surface area contributed by atoms with Crippen molar-refractivity contribution in [2.45, 2.75) is 30.6 Å². The Morgan fingerprint density at radius 3 is 3.00 bits per heavy atom. The highest BCUT2D eigenvalue weighted by Crippen LogP contribution is 2.29. The van der Waals surface area contributed by atoms with Gasteiger partial charge in [0.15, 0.2) is 5.16 Å². The maximum absolute atomic E-state index is 12.3. The van der Waals surface area contributed by atoms with Crippen LogP contribution >= 0.6 is 11.8 Å². The van der Waals surface area contributed by atoms with Gasteiger partial charge < -0.3 is 19.5 Å². The topological polar surface area (TPSA) is 107 Å². The van der Waals surface area contributed by atoms with Crippen molar-refractivity contribution in [2.75, 3.05) is 31.9 Å². The lowest BCUT2D eigenvalue weighted by molar-refractivity contribution is -0.113. The van der Waals surface area contributed by atoms with Gasteiger partial charge >= 0.3 is 5.69 Å². The molecule has 9 nitrogen and oxygen atoms in total. The quantitative estimate of drug-likeness (QED) is 0.653. The molecule has 10 heteroatoms. The van der Waals surface area contributed by atoms with Crippen LogP contribution in [0.5, 0.6) is 11.5 Å². The average Bonchev–Trinajstić information content (AvgIpc) is 3.31. The fourth-order valence-corrected chi connectivity index (χ4v) is 3.54. The summed E-state index contributed by atoms with van der Waals surface area (Å²) in [6.07, 6.45) is 1.92. The van der Waals surface area contributed by atoms with E-state index in [1.54, 1.807) is 25.3 Å². The molecule has 0 bridgehead atoms. The van der Waals surface area contributed by atoms with E-state index in [-0.39, 0.29) is 23.5 Å². The molecule has 146 valence electrons. The van der Waals surface area contributed by atoms with Crippen LogP contribution in [-0.4, -0.2) is 53.4 Å². The highest BCUT2D eigenvalue weighted by molar-refractivity contribution is 7.99. The molecule has 2 heterocycles. The first-order valence-electron chi connectivity index (χ1n) is 8.52. The summed E-state index contributed by atoms with van der Waals surface area (Å²) in [6.45, 7) is 1.15. The Morgan fingerprint density at radius 2 is 2.30 bits per heavy atom. The molecule has 2 N–H and O–H groups in total. The van der Waals surface area contributed by atoms with E-state index in [1.165, 1.54) is 23.4 Å². The minimum atomic E-state index is -0.301. The summed E-state index contributed by atoms with van der Waals surface area (Å²) in [7, 11) is 3.08. The Bertz CT molecular complexity index is 844. The second kappa shape index (κ2) is 8.96. The monoisotopic (exact) mass is 394 g/mol. The SMILES string of the molecule is COc1ccc(NC(=O)CSc2n[nH]c(=O)n2CC2CCCO2)c(OC)c1. The van der Waals surface area contributed by atoms with E-state index in [0.29, 0.717) is 35.5 Å². The number of rotatable bonds is 8. The summed E-state index contributed by atoms with van der Waals surface area (Å²) in [6, 6.07) is 5.14. The number of ether oxygens (including phenoxy) is 3. The lowest BCUT2D eigenvalue weighted by Gasteiger charge is -2.12. The van der Waals surface area contributed by atoms with Gasteiger partial charge in [-0.3, -0.25) is 9.36 Å². The number of anilines is 1. The van der Waals surface area contributed by atoms with Crippen LogP contribution < -0.4 is 20.5 Å². The molecular weight excluding hydrogens is 372 g/mol. The summed E-state index contributed by atoms with van der Waals surface area (Å²) < 4.78 is 17.5. The van der Waals surface area contributed by atoms with Gasteiger partial charge in [-0.05, 0) is 25.0 Å². The summed E-state index contributed by atoms with van der Waals surface area (Å²) in [5.41, 5.74) is 0.243. The Balaban J connectivity index is 1.60. The zero-order valence-electron chi connectivity index (χ0n) is 15.2. The molecule has 27 heavy (non-hydrogen) atoms. The van der Waals surface area contributed by atoms with E-state index in [4.69, 9.17) is 14.2 Å². The fraction of sp³-hybridized carbons (Fsp3) is 0.471. The van der Waals surface area contributed by atoms with Gasteiger partial charge in [0.25, 0.3) is 0 Å². The zero-order chi connectivity index (χ0) is 19.2. The van der Waals surface area contributed by atoms with Gasteiger partial charge in [0.1, 0.15) is 11.5 Å². The summed E-state index contributed by atoms with van der Waals surface area (Å²) >= 11 is 1.19. The average molecular weight is 394 g/mol. The number of thioether (sulfide) groups is 1. The normalized spacial score (nSPS) is 16.3. The molecular formula is C17H22N4O5S. The molecule has 1 saturated heterocycles. The molecule has 0 radical (unpaired) electrons. The number of nitrogens with zero attached hydrogens (tertiary/aromatic N) is 2.